The van der Waals surface area contributed by atoms with Gasteiger partial charge >= 0.3 is 0 Å². The fourth-order valence-electron chi connectivity index (χ4n) is 2.67. The molecular formula is C12H24N4O2S. The highest BCUT2D eigenvalue weighted by molar-refractivity contribution is 7.86. The lowest BCUT2D eigenvalue weighted by Crippen LogP contribution is -3.10. The molecule has 19 heavy (non-hydrogen) atoms. The number of rotatable bonds is 5. The van der Waals surface area contributed by atoms with E-state index in [9.17, 15) is 9.76 Å². The Hall–Kier alpha value is -0.470. The van der Waals surface area contributed by atoms with Gasteiger partial charge in [0.05, 0.1) is 13.6 Å². The maximum atomic E-state index is 12.4. The van der Waals surface area contributed by atoms with Gasteiger partial charge in [-0.2, -0.15) is 0 Å². The molecule has 6 nitrogen and oxygen atoms in total. The smallest absolute Gasteiger partial charge is 0.267 e. The van der Waals surface area contributed by atoms with Gasteiger partial charge in [0.15, 0.2) is 17.7 Å². The zero-order chi connectivity index (χ0) is 14.0. The van der Waals surface area contributed by atoms with Gasteiger partial charge in [0.1, 0.15) is 5.70 Å². The Labute approximate surface area is 118 Å². The first-order valence-electron chi connectivity index (χ1n) is 6.97. The summed E-state index contributed by atoms with van der Waals surface area (Å²) in [6, 6.07) is 0. The summed E-state index contributed by atoms with van der Waals surface area (Å²) in [5.41, 5.74) is 0.926. The molecule has 3 unspecified atom stereocenters. The number of quaternary nitrogens is 1. The molecule has 0 spiro atoms. The van der Waals surface area contributed by atoms with Crippen molar-refractivity contribution in [3.63, 3.8) is 0 Å². The molecule has 110 valence electrons. The first-order chi connectivity index (χ1) is 9.06. The molecule has 2 aliphatic heterocycles. The number of unbranched alkanes of at least 4 members (excludes halogenated alkanes) is 3. The maximum Gasteiger partial charge on any atom is 0.267 e. The molecule has 0 bridgehead atoms. The number of hydrogen-bond donors (Lipinski definition) is 2. The van der Waals surface area contributed by atoms with E-state index in [1.807, 2.05) is 0 Å². The lowest BCUT2D eigenvalue weighted by molar-refractivity contribution is -0.838. The molecule has 2 rings (SSSR count). The van der Waals surface area contributed by atoms with Gasteiger partial charge in [-0.3, -0.25) is 0 Å². The van der Waals surface area contributed by atoms with Gasteiger partial charge in [-0.05, 0) is 6.42 Å². The van der Waals surface area contributed by atoms with Crippen molar-refractivity contribution in [3.8, 4) is 0 Å². The number of nitrogens with zero attached hydrogens (tertiary/aromatic N) is 2. The van der Waals surface area contributed by atoms with E-state index in [1.165, 1.54) is 19.3 Å². The molecule has 0 saturated heterocycles. The average molecular weight is 288 g/mol. The third kappa shape index (κ3) is 3.00. The monoisotopic (exact) mass is 288 g/mol. The highest BCUT2D eigenvalue weighted by atomic mass is 32.2. The molecule has 0 aromatic heterocycles. The third-order valence-corrected chi connectivity index (χ3v) is 5.04. The van der Waals surface area contributed by atoms with Crippen LogP contribution in [0.5, 0.6) is 0 Å². The molecule has 7 heteroatoms. The highest BCUT2D eigenvalue weighted by Gasteiger charge is 2.44. The van der Waals surface area contributed by atoms with Crippen LogP contribution in [0.4, 0.5) is 0 Å². The Morgan fingerprint density at radius 1 is 1.37 bits per heavy atom. The number of likely N-dealkylation sites (N-methyl/N-ethyl adjacent to an activating group) is 1. The average Bonchev–Trinajstić information content (AvgIpc) is 2.69. The summed E-state index contributed by atoms with van der Waals surface area (Å²) in [5.74, 6) is 0.622. The van der Waals surface area contributed by atoms with Crippen LogP contribution in [0, 0.1) is 5.21 Å². The number of hydroxylamine groups is 2. The molecule has 0 aliphatic carbocycles. The fraction of sp³-hybridized carbons (Fsp3) is 0.833. The lowest BCUT2D eigenvalue weighted by atomic mass is 10.1. The van der Waals surface area contributed by atoms with E-state index in [0.717, 1.165) is 18.5 Å². The third-order valence-electron chi connectivity index (χ3n) is 3.73. The van der Waals surface area contributed by atoms with E-state index >= 15 is 0 Å². The molecule has 0 fully saturated rings. The number of nitrogens with one attached hydrogen (secondary N) is 2. The van der Waals surface area contributed by atoms with Crippen molar-refractivity contribution in [1.29, 1.82) is 0 Å². The molecule has 0 amide bonds. The van der Waals surface area contributed by atoms with Crippen LogP contribution >= 0.6 is 0 Å². The molecule has 2 N–H and O–H groups in total. The largest absolute Gasteiger partial charge is 0.626 e. The van der Waals surface area contributed by atoms with E-state index in [0.29, 0.717) is 12.4 Å². The predicted octanol–water partition coefficient (Wildman–Crippen LogP) is -0.106. The van der Waals surface area contributed by atoms with Crippen LogP contribution < -0.4 is 10.4 Å². The zero-order valence-electron chi connectivity index (χ0n) is 11.9. The van der Waals surface area contributed by atoms with Gasteiger partial charge in [-0.1, -0.05) is 26.2 Å². The van der Waals surface area contributed by atoms with E-state index in [-0.39, 0.29) is 11.2 Å². The Kier molecular flexibility index (Phi) is 4.97. The predicted molar refractivity (Wildman–Crippen MR) is 75.6 cm³/mol. The van der Waals surface area contributed by atoms with E-state index in [1.54, 1.807) is 22.7 Å². The summed E-state index contributed by atoms with van der Waals surface area (Å²) >= 11 is -1.24. The van der Waals surface area contributed by atoms with Crippen molar-refractivity contribution in [3.05, 3.63) is 16.7 Å². The summed E-state index contributed by atoms with van der Waals surface area (Å²) in [6.45, 7) is 2.74. The minimum atomic E-state index is -1.24. The molecule has 0 aromatic rings. The SMILES string of the molecule is CCCCCCC1NC2=C(N(C)[S+]([O-])N(C)C2)[NH+]1[O-]. The van der Waals surface area contributed by atoms with Crippen molar-refractivity contribution >= 4 is 11.5 Å². The van der Waals surface area contributed by atoms with Gasteiger partial charge < -0.3 is 20.1 Å². The molecule has 2 heterocycles. The minimum Gasteiger partial charge on any atom is -0.626 e. The topological polar surface area (TPSA) is 69.1 Å². The summed E-state index contributed by atoms with van der Waals surface area (Å²) < 4.78 is 15.3. The quantitative estimate of drug-likeness (QED) is 0.420. The summed E-state index contributed by atoms with van der Waals surface area (Å²) in [7, 11) is 3.53. The Balaban J connectivity index is 1.94. The molecular weight excluding hydrogens is 264 g/mol. The molecule has 0 radical (unpaired) electrons. The van der Waals surface area contributed by atoms with Gasteiger partial charge in [0, 0.05) is 13.5 Å². The second-order valence-electron chi connectivity index (χ2n) is 5.25. The molecule has 3 atom stereocenters. The van der Waals surface area contributed by atoms with Crippen molar-refractivity contribution in [2.75, 3.05) is 20.6 Å². The van der Waals surface area contributed by atoms with Crippen LogP contribution in [-0.2, 0) is 11.5 Å². The van der Waals surface area contributed by atoms with Crippen molar-refractivity contribution in [2.45, 2.75) is 45.2 Å². The van der Waals surface area contributed by atoms with E-state index in [2.05, 4.69) is 12.2 Å². The first-order valence-corrected chi connectivity index (χ1v) is 8.03. The Bertz CT molecular complexity index is 353. The van der Waals surface area contributed by atoms with Crippen molar-refractivity contribution < 1.29 is 9.62 Å². The van der Waals surface area contributed by atoms with E-state index < -0.39 is 11.5 Å². The second kappa shape index (κ2) is 6.32. The van der Waals surface area contributed by atoms with E-state index in [4.69, 9.17) is 0 Å². The van der Waals surface area contributed by atoms with Crippen molar-refractivity contribution in [2.24, 2.45) is 0 Å². The second-order valence-corrected chi connectivity index (χ2v) is 6.88. The lowest BCUT2D eigenvalue weighted by Gasteiger charge is -2.33. The summed E-state index contributed by atoms with van der Waals surface area (Å²) in [5, 5.41) is 15.8. The minimum absolute atomic E-state index is 0.107. The van der Waals surface area contributed by atoms with Gasteiger partial charge in [-0.15, -0.1) is 8.61 Å². The Morgan fingerprint density at radius 2 is 2.11 bits per heavy atom. The standard InChI is InChI=1S/C12H24N4O2S/c1-4-5-6-7-8-11-13-10-9-14(2)19(18)15(3)12(10)16(11)17/h11,13,16H,4-9H2,1-3H3. The molecule has 0 aromatic carbocycles. The van der Waals surface area contributed by atoms with Gasteiger partial charge in [-0.25, -0.2) is 0 Å². The van der Waals surface area contributed by atoms with Crippen LogP contribution in [0.15, 0.2) is 11.5 Å². The fourth-order valence-corrected chi connectivity index (χ4v) is 3.68. The zero-order valence-corrected chi connectivity index (χ0v) is 12.8. The van der Waals surface area contributed by atoms with Crippen LogP contribution in [0.1, 0.15) is 39.0 Å². The molecule has 0 saturated carbocycles. The van der Waals surface area contributed by atoms with Gasteiger partial charge in [0.2, 0.25) is 0 Å². The maximum absolute atomic E-state index is 12.4. The van der Waals surface area contributed by atoms with Crippen LogP contribution in [-0.4, -0.2) is 40.0 Å². The van der Waals surface area contributed by atoms with Crippen LogP contribution in [0.25, 0.3) is 0 Å². The number of hydrogen-bond acceptors (Lipinski definition) is 5. The van der Waals surface area contributed by atoms with Crippen LogP contribution in [0.2, 0.25) is 0 Å². The van der Waals surface area contributed by atoms with Crippen molar-refractivity contribution in [1.82, 2.24) is 13.9 Å². The van der Waals surface area contributed by atoms with Crippen LogP contribution in [0.3, 0.4) is 0 Å². The molecule has 2 aliphatic rings. The summed E-state index contributed by atoms with van der Waals surface area (Å²) in [4.78, 5) is 0. The first kappa shape index (κ1) is 14.9. The summed E-state index contributed by atoms with van der Waals surface area (Å²) in [6.07, 6.45) is 5.42. The van der Waals surface area contributed by atoms with Gasteiger partial charge in [0.25, 0.3) is 5.82 Å². The normalized spacial score (nSPS) is 31.6. The Morgan fingerprint density at radius 3 is 2.79 bits per heavy atom. The highest BCUT2D eigenvalue weighted by Crippen LogP contribution is 2.21.